The standard InChI is InChI=1S/C10H12N4/c11-6-5-9-3-1-2-4-10(9)14-12-7-8-13-14/h1-4,7-8H,5-6,11H2. The molecule has 0 fully saturated rings. The largest absolute Gasteiger partial charge is 0.330 e. The van der Waals surface area contributed by atoms with Crippen molar-refractivity contribution in [3.05, 3.63) is 42.2 Å². The molecule has 0 atom stereocenters. The van der Waals surface area contributed by atoms with Gasteiger partial charge < -0.3 is 5.73 Å². The van der Waals surface area contributed by atoms with E-state index in [2.05, 4.69) is 10.2 Å². The van der Waals surface area contributed by atoms with Gasteiger partial charge in [0, 0.05) is 0 Å². The van der Waals surface area contributed by atoms with Crippen LogP contribution in [-0.2, 0) is 6.42 Å². The fraction of sp³-hybridized carbons (Fsp3) is 0.200. The Bertz CT molecular complexity index is 394. The van der Waals surface area contributed by atoms with Gasteiger partial charge in [-0.2, -0.15) is 15.0 Å². The third-order valence-electron chi connectivity index (χ3n) is 2.04. The molecule has 14 heavy (non-hydrogen) atoms. The zero-order valence-electron chi connectivity index (χ0n) is 7.80. The second-order valence-corrected chi connectivity index (χ2v) is 2.99. The highest BCUT2D eigenvalue weighted by atomic mass is 15.5. The molecule has 0 amide bonds. The zero-order chi connectivity index (χ0) is 9.80. The summed E-state index contributed by atoms with van der Waals surface area (Å²) in [6.45, 7) is 0.637. The van der Waals surface area contributed by atoms with E-state index < -0.39 is 0 Å². The summed E-state index contributed by atoms with van der Waals surface area (Å²) in [7, 11) is 0. The lowest BCUT2D eigenvalue weighted by molar-refractivity contribution is 0.739. The van der Waals surface area contributed by atoms with E-state index in [4.69, 9.17) is 5.73 Å². The maximum atomic E-state index is 5.53. The second kappa shape index (κ2) is 4.02. The van der Waals surface area contributed by atoms with E-state index in [0.717, 1.165) is 12.1 Å². The molecule has 2 rings (SSSR count). The maximum absolute atomic E-state index is 5.53. The highest BCUT2D eigenvalue weighted by molar-refractivity contribution is 5.39. The predicted molar refractivity (Wildman–Crippen MR) is 54.1 cm³/mol. The van der Waals surface area contributed by atoms with Crippen molar-refractivity contribution in [2.75, 3.05) is 6.54 Å². The van der Waals surface area contributed by atoms with Crippen molar-refractivity contribution in [1.29, 1.82) is 0 Å². The Labute approximate surface area is 82.4 Å². The molecule has 0 radical (unpaired) electrons. The molecule has 0 saturated carbocycles. The van der Waals surface area contributed by atoms with Gasteiger partial charge in [0.05, 0.1) is 18.1 Å². The van der Waals surface area contributed by atoms with Gasteiger partial charge in [0.1, 0.15) is 0 Å². The van der Waals surface area contributed by atoms with Gasteiger partial charge in [-0.3, -0.25) is 0 Å². The summed E-state index contributed by atoms with van der Waals surface area (Å²) < 4.78 is 0. The third kappa shape index (κ3) is 1.65. The van der Waals surface area contributed by atoms with Gasteiger partial charge in [0.15, 0.2) is 0 Å². The molecule has 0 saturated heterocycles. The summed E-state index contributed by atoms with van der Waals surface area (Å²) >= 11 is 0. The summed E-state index contributed by atoms with van der Waals surface area (Å²) in [5, 5.41) is 8.19. The third-order valence-corrected chi connectivity index (χ3v) is 2.04. The molecule has 0 aliphatic carbocycles. The number of nitrogens with zero attached hydrogens (tertiary/aromatic N) is 3. The lowest BCUT2D eigenvalue weighted by Gasteiger charge is -2.06. The average molecular weight is 188 g/mol. The van der Waals surface area contributed by atoms with E-state index in [-0.39, 0.29) is 0 Å². The number of rotatable bonds is 3. The van der Waals surface area contributed by atoms with Crippen LogP contribution in [0, 0.1) is 0 Å². The molecular weight excluding hydrogens is 176 g/mol. The lowest BCUT2D eigenvalue weighted by atomic mass is 10.1. The van der Waals surface area contributed by atoms with Crippen LogP contribution in [0.25, 0.3) is 5.69 Å². The van der Waals surface area contributed by atoms with Crippen LogP contribution >= 0.6 is 0 Å². The first-order valence-corrected chi connectivity index (χ1v) is 4.56. The molecule has 0 unspecified atom stereocenters. The molecule has 2 aromatic rings. The highest BCUT2D eigenvalue weighted by Crippen LogP contribution is 2.11. The van der Waals surface area contributed by atoms with Crippen LogP contribution in [-0.4, -0.2) is 21.5 Å². The number of hydrogen-bond donors (Lipinski definition) is 1. The summed E-state index contributed by atoms with van der Waals surface area (Å²) in [5.41, 5.74) is 7.71. The van der Waals surface area contributed by atoms with Crippen molar-refractivity contribution >= 4 is 0 Å². The molecule has 4 nitrogen and oxygen atoms in total. The Morgan fingerprint density at radius 3 is 2.57 bits per heavy atom. The molecule has 0 aliphatic heterocycles. The van der Waals surface area contributed by atoms with Crippen LogP contribution in [0.3, 0.4) is 0 Å². The minimum absolute atomic E-state index is 0.637. The Hall–Kier alpha value is -1.68. The number of benzene rings is 1. The molecule has 0 bridgehead atoms. The van der Waals surface area contributed by atoms with E-state index in [1.165, 1.54) is 5.56 Å². The fourth-order valence-electron chi connectivity index (χ4n) is 1.41. The van der Waals surface area contributed by atoms with Crippen LogP contribution < -0.4 is 5.73 Å². The van der Waals surface area contributed by atoms with Gasteiger partial charge in [0.25, 0.3) is 0 Å². The number of nitrogens with two attached hydrogens (primary N) is 1. The van der Waals surface area contributed by atoms with E-state index >= 15 is 0 Å². The quantitative estimate of drug-likeness (QED) is 0.774. The Morgan fingerprint density at radius 2 is 1.86 bits per heavy atom. The van der Waals surface area contributed by atoms with E-state index in [9.17, 15) is 0 Å². The van der Waals surface area contributed by atoms with Crippen LogP contribution in [0.5, 0.6) is 0 Å². The Kier molecular flexibility index (Phi) is 2.55. The number of hydrogen-bond acceptors (Lipinski definition) is 3. The summed E-state index contributed by atoms with van der Waals surface area (Å²) in [6, 6.07) is 8.01. The van der Waals surface area contributed by atoms with Crippen LogP contribution in [0.4, 0.5) is 0 Å². The highest BCUT2D eigenvalue weighted by Gasteiger charge is 2.03. The molecule has 1 heterocycles. The van der Waals surface area contributed by atoms with Gasteiger partial charge in [0.2, 0.25) is 0 Å². The first-order valence-electron chi connectivity index (χ1n) is 4.56. The number of para-hydroxylation sites is 1. The lowest BCUT2D eigenvalue weighted by Crippen LogP contribution is -2.08. The smallest absolute Gasteiger partial charge is 0.0889 e. The molecule has 2 N–H and O–H groups in total. The molecule has 0 aliphatic rings. The Balaban J connectivity index is 2.42. The molecule has 1 aromatic heterocycles. The van der Waals surface area contributed by atoms with Crippen LogP contribution in [0.1, 0.15) is 5.56 Å². The van der Waals surface area contributed by atoms with E-state index in [0.29, 0.717) is 6.54 Å². The predicted octanol–water partition coefficient (Wildman–Crippen LogP) is 0.768. The molecule has 4 heteroatoms. The first kappa shape index (κ1) is 8.90. The molecule has 1 aromatic carbocycles. The van der Waals surface area contributed by atoms with Crippen molar-refractivity contribution in [2.45, 2.75) is 6.42 Å². The minimum Gasteiger partial charge on any atom is -0.330 e. The molecule has 0 spiro atoms. The molecular formula is C10H12N4. The average Bonchev–Trinajstić information content (AvgIpc) is 2.72. The van der Waals surface area contributed by atoms with Crippen molar-refractivity contribution in [1.82, 2.24) is 15.0 Å². The monoisotopic (exact) mass is 188 g/mol. The summed E-state index contributed by atoms with van der Waals surface area (Å²) in [4.78, 5) is 1.62. The van der Waals surface area contributed by atoms with Gasteiger partial charge in [-0.15, -0.1) is 0 Å². The number of aromatic nitrogens is 3. The van der Waals surface area contributed by atoms with Crippen molar-refractivity contribution in [3.63, 3.8) is 0 Å². The van der Waals surface area contributed by atoms with Crippen molar-refractivity contribution in [3.8, 4) is 5.69 Å². The second-order valence-electron chi connectivity index (χ2n) is 2.99. The van der Waals surface area contributed by atoms with Gasteiger partial charge in [-0.05, 0) is 24.6 Å². The van der Waals surface area contributed by atoms with Crippen molar-refractivity contribution < 1.29 is 0 Å². The van der Waals surface area contributed by atoms with Crippen LogP contribution in [0.2, 0.25) is 0 Å². The van der Waals surface area contributed by atoms with Gasteiger partial charge >= 0.3 is 0 Å². The molecule has 72 valence electrons. The zero-order valence-corrected chi connectivity index (χ0v) is 7.80. The normalized spacial score (nSPS) is 10.4. The topological polar surface area (TPSA) is 56.7 Å². The SMILES string of the molecule is NCCc1ccccc1-n1nccn1. The summed E-state index contributed by atoms with van der Waals surface area (Å²) in [5.74, 6) is 0. The van der Waals surface area contributed by atoms with E-state index in [1.54, 1.807) is 17.2 Å². The Morgan fingerprint density at radius 1 is 1.14 bits per heavy atom. The minimum atomic E-state index is 0.637. The maximum Gasteiger partial charge on any atom is 0.0889 e. The van der Waals surface area contributed by atoms with Crippen LogP contribution in [0.15, 0.2) is 36.7 Å². The summed E-state index contributed by atoms with van der Waals surface area (Å²) in [6.07, 6.45) is 4.18. The van der Waals surface area contributed by atoms with Gasteiger partial charge in [-0.1, -0.05) is 18.2 Å². The van der Waals surface area contributed by atoms with Crippen molar-refractivity contribution in [2.24, 2.45) is 5.73 Å². The fourth-order valence-corrected chi connectivity index (χ4v) is 1.41. The van der Waals surface area contributed by atoms with Gasteiger partial charge in [-0.25, -0.2) is 0 Å². The van der Waals surface area contributed by atoms with E-state index in [1.807, 2.05) is 24.3 Å². The first-order chi connectivity index (χ1) is 6.92.